The van der Waals surface area contributed by atoms with E-state index in [-0.39, 0.29) is 17.0 Å². The minimum Gasteiger partial charge on any atom is -0.334 e. The third-order valence-corrected chi connectivity index (χ3v) is 8.21. The van der Waals surface area contributed by atoms with Gasteiger partial charge in [-0.05, 0) is 37.5 Å². The van der Waals surface area contributed by atoms with E-state index in [1.54, 1.807) is 25.1 Å². The van der Waals surface area contributed by atoms with Crippen LogP contribution in [0.25, 0.3) is 0 Å². The topological polar surface area (TPSA) is 69.7 Å². The average molecular weight is 418 g/mol. The Labute approximate surface area is 164 Å². The molecule has 1 N–H and O–H groups in total. The number of urea groups is 1. The Hall–Kier alpha value is -0.960. The van der Waals surface area contributed by atoms with Gasteiger partial charge in [0.1, 0.15) is 0 Å². The third-order valence-electron chi connectivity index (χ3n) is 4.85. The summed E-state index contributed by atoms with van der Waals surface area (Å²) in [4.78, 5) is 14.5. The Kier molecular flexibility index (Phi) is 6.37. The maximum absolute atomic E-state index is 13.0. The predicted molar refractivity (Wildman–Crippen MR) is 105 cm³/mol. The Balaban J connectivity index is 1.69. The molecule has 1 atom stereocenters. The summed E-state index contributed by atoms with van der Waals surface area (Å²) in [6, 6.07) is 4.67. The molecule has 0 aromatic heterocycles. The number of benzene rings is 1. The SMILES string of the molecule is Cc1c(Cl)cccc1S(=O)(=O)N1CCCC(NC(=O)N2CCSCC2)C1. The van der Waals surface area contributed by atoms with E-state index >= 15 is 0 Å². The maximum atomic E-state index is 13.0. The quantitative estimate of drug-likeness (QED) is 0.820. The minimum atomic E-state index is -3.63. The third kappa shape index (κ3) is 4.30. The molecule has 0 bridgehead atoms. The number of halogens is 1. The van der Waals surface area contributed by atoms with Crippen molar-refractivity contribution in [3.05, 3.63) is 28.8 Å². The molecular formula is C17H24ClN3O3S2. The first kappa shape index (κ1) is 19.8. The van der Waals surface area contributed by atoms with E-state index in [9.17, 15) is 13.2 Å². The van der Waals surface area contributed by atoms with Gasteiger partial charge in [0, 0.05) is 48.7 Å². The molecule has 2 fully saturated rings. The fourth-order valence-electron chi connectivity index (χ4n) is 3.32. The molecule has 0 spiro atoms. The molecule has 2 amide bonds. The van der Waals surface area contributed by atoms with E-state index in [2.05, 4.69) is 5.32 Å². The fraction of sp³-hybridized carbons (Fsp3) is 0.588. The molecule has 9 heteroatoms. The summed E-state index contributed by atoms with van der Waals surface area (Å²) >= 11 is 7.94. The highest BCUT2D eigenvalue weighted by molar-refractivity contribution is 7.99. The summed E-state index contributed by atoms with van der Waals surface area (Å²) in [5, 5.41) is 3.45. The van der Waals surface area contributed by atoms with Crippen molar-refractivity contribution in [1.29, 1.82) is 0 Å². The van der Waals surface area contributed by atoms with Crippen molar-refractivity contribution >= 4 is 39.4 Å². The molecule has 1 aromatic rings. The lowest BCUT2D eigenvalue weighted by molar-refractivity contribution is 0.190. The Morgan fingerprint density at radius 1 is 1.27 bits per heavy atom. The van der Waals surface area contributed by atoms with Gasteiger partial charge in [0.15, 0.2) is 0 Å². The van der Waals surface area contributed by atoms with Crippen molar-refractivity contribution in [3.63, 3.8) is 0 Å². The van der Waals surface area contributed by atoms with Gasteiger partial charge in [-0.2, -0.15) is 16.1 Å². The number of nitrogens with zero attached hydrogens (tertiary/aromatic N) is 2. The van der Waals surface area contributed by atoms with Crippen LogP contribution in [0.1, 0.15) is 18.4 Å². The molecule has 2 heterocycles. The Morgan fingerprint density at radius 2 is 2.00 bits per heavy atom. The smallest absolute Gasteiger partial charge is 0.317 e. The molecule has 3 rings (SSSR count). The first-order valence-corrected chi connectivity index (χ1v) is 11.8. The normalized spacial score (nSPS) is 22.2. The van der Waals surface area contributed by atoms with Crippen molar-refractivity contribution in [2.45, 2.75) is 30.7 Å². The lowest BCUT2D eigenvalue weighted by Crippen LogP contribution is -2.53. The molecule has 2 aliphatic rings. The highest BCUT2D eigenvalue weighted by atomic mass is 35.5. The molecule has 0 saturated carbocycles. The van der Waals surface area contributed by atoms with Gasteiger partial charge in [0.25, 0.3) is 0 Å². The van der Waals surface area contributed by atoms with Crippen LogP contribution in [-0.4, -0.2) is 67.4 Å². The number of thioether (sulfide) groups is 1. The Bertz CT molecular complexity index is 767. The number of nitrogens with one attached hydrogen (secondary N) is 1. The van der Waals surface area contributed by atoms with Gasteiger partial charge in [0.2, 0.25) is 10.0 Å². The van der Waals surface area contributed by atoms with Crippen molar-refractivity contribution in [2.24, 2.45) is 0 Å². The zero-order valence-electron chi connectivity index (χ0n) is 14.8. The van der Waals surface area contributed by atoms with Gasteiger partial charge in [-0.15, -0.1) is 0 Å². The van der Waals surface area contributed by atoms with Crippen LogP contribution >= 0.6 is 23.4 Å². The molecule has 1 aromatic carbocycles. The van der Waals surface area contributed by atoms with Crippen molar-refractivity contribution in [2.75, 3.05) is 37.7 Å². The summed E-state index contributed by atoms with van der Waals surface area (Å²) in [6.07, 6.45) is 1.51. The highest BCUT2D eigenvalue weighted by Crippen LogP contribution is 2.27. The summed E-state index contributed by atoms with van der Waals surface area (Å²) in [5.41, 5.74) is 0.561. The molecule has 6 nitrogen and oxygen atoms in total. The largest absolute Gasteiger partial charge is 0.334 e. The number of sulfonamides is 1. The van der Waals surface area contributed by atoms with Crippen molar-refractivity contribution in [1.82, 2.24) is 14.5 Å². The molecular weight excluding hydrogens is 394 g/mol. The zero-order chi connectivity index (χ0) is 18.7. The average Bonchev–Trinajstić information content (AvgIpc) is 2.65. The predicted octanol–water partition coefficient (Wildman–Crippen LogP) is 2.56. The van der Waals surface area contributed by atoms with E-state index in [0.717, 1.165) is 37.4 Å². The van der Waals surface area contributed by atoms with E-state index in [1.165, 1.54) is 4.31 Å². The van der Waals surface area contributed by atoms with Crippen LogP contribution in [0.15, 0.2) is 23.1 Å². The molecule has 1 unspecified atom stereocenters. The molecule has 0 aliphatic carbocycles. The Morgan fingerprint density at radius 3 is 2.73 bits per heavy atom. The first-order chi connectivity index (χ1) is 12.4. The van der Waals surface area contributed by atoms with E-state index in [1.807, 2.05) is 16.7 Å². The number of hydrogen-bond donors (Lipinski definition) is 1. The first-order valence-electron chi connectivity index (χ1n) is 8.78. The van der Waals surface area contributed by atoms with Gasteiger partial charge in [-0.3, -0.25) is 0 Å². The highest BCUT2D eigenvalue weighted by Gasteiger charge is 2.32. The number of piperidine rings is 1. The second-order valence-electron chi connectivity index (χ2n) is 6.61. The molecule has 144 valence electrons. The summed E-state index contributed by atoms with van der Waals surface area (Å²) < 4.78 is 27.5. The number of carbonyl (C=O) groups excluding carboxylic acids is 1. The van der Waals surface area contributed by atoms with Crippen LogP contribution in [-0.2, 0) is 10.0 Å². The van der Waals surface area contributed by atoms with Gasteiger partial charge >= 0.3 is 6.03 Å². The fourth-order valence-corrected chi connectivity index (χ4v) is 6.22. The summed E-state index contributed by atoms with van der Waals surface area (Å²) in [7, 11) is -3.63. The van der Waals surface area contributed by atoms with Crippen molar-refractivity contribution in [3.8, 4) is 0 Å². The second kappa shape index (κ2) is 8.37. The van der Waals surface area contributed by atoms with Gasteiger partial charge in [-0.1, -0.05) is 17.7 Å². The number of carbonyl (C=O) groups is 1. The van der Waals surface area contributed by atoms with Crippen LogP contribution in [0, 0.1) is 6.92 Å². The molecule has 26 heavy (non-hydrogen) atoms. The second-order valence-corrected chi connectivity index (χ2v) is 10.2. The van der Waals surface area contributed by atoms with Crippen molar-refractivity contribution < 1.29 is 13.2 Å². The van der Waals surface area contributed by atoms with E-state index < -0.39 is 10.0 Å². The summed E-state index contributed by atoms with van der Waals surface area (Å²) in [6.45, 7) is 3.95. The van der Waals surface area contributed by atoms with E-state index in [0.29, 0.717) is 23.7 Å². The van der Waals surface area contributed by atoms with Gasteiger partial charge in [-0.25, -0.2) is 13.2 Å². The zero-order valence-corrected chi connectivity index (χ0v) is 17.2. The van der Waals surface area contributed by atoms with Crippen LogP contribution in [0.2, 0.25) is 5.02 Å². The summed E-state index contributed by atoms with van der Waals surface area (Å²) in [5.74, 6) is 1.90. The monoisotopic (exact) mass is 417 g/mol. The minimum absolute atomic E-state index is 0.0894. The van der Waals surface area contributed by atoms with Gasteiger partial charge < -0.3 is 10.2 Å². The number of rotatable bonds is 3. The molecule has 0 radical (unpaired) electrons. The standard InChI is InChI=1S/C17H24ClN3O3S2/c1-13-15(18)5-2-6-16(13)26(23,24)21-7-3-4-14(12-21)19-17(22)20-8-10-25-11-9-20/h2,5-6,14H,3-4,7-12H2,1H3,(H,19,22). The number of hydrogen-bond acceptors (Lipinski definition) is 4. The van der Waals surface area contributed by atoms with E-state index in [4.69, 9.17) is 11.6 Å². The lowest BCUT2D eigenvalue weighted by Gasteiger charge is -2.34. The van der Waals surface area contributed by atoms with Gasteiger partial charge in [0.05, 0.1) is 4.90 Å². The number of amides is 2. The maximum Gasteiger partial charge on any atom is 0.317 e. The molecule has 2 aliphatic heterocycles. The van der Waals surface area contributed by atoms with Crippen LogP contribution in [0.4, 0.5) is 4.79 Å². The lowest BCUT2D eigenvalue weighted by atomic mass is 10.1. The van der Waals surface area contributed by atoms with Crippen LogP contribution in [0.5, 0.6) is 0 Å². The van der Waals surface area contributed by atoms with Crippen LogP contribution < -0.4 is 5.32 Å². The molecule has 2 saturated heterocycles. The van der Waals surface area contributed by atoms with Crippen LogP contribution in [0.3, 0.4) is 0 Å².